The molecule has 2 N–H and O–H groups in total. The Balaban J connectivity index is 1.68. The zero-order chi connectivity index (χ0) is 15.2. The lowest BCUT2D eigenvalue weighted by Gasteiger charge is -2.05. The van der Waals surface area contributed by atoms with Crippen LogP contribution in [0.2, 0.25) is 0 Å². The van der Waals surface area contributed by atoms with E-state index in [0.29, 0.717) is 6.54 Å². The molecule has 2 aromatic rings. The summed E-state index contributed by atoms with van der Waals surface area (Å²) >= 11 is 0. The van der Waals surface area contributed by atoms with Crippen molar-refractivity contribution in [1.82, 2.24) is 24.9 Å². The molecule has 21 heavy (non-hydrogen) atoms. The molecule has 2 heterocycles. The summed E-state index contributed by atoms with van der Waals surface area (Å²) in [4.78, 5) is 22.3. The molecule has 0 atom stereocenters. The number of nitrogens with one attached hydrogen (secondary N) is 1. The topological polar surface area (TPSA) is 102 Å². The third-order valence-corrected chi connectivity index (χ3v) is 2.81. The van der Waals surface area contributed by atoms with Gasteiger partial charge in [-0.2, -0.15) is 10.2 Å². The van der Waals surface area contributed by atoms with Crippen LogP contribution in [0.5, 0.6) is 0 Å². The maximum atomic E-state index is 11.7. The smallest absolute Gasteiger partial charge is 0.356 e. The summed E-state index contributed by atoms with van der Waals surface area (Å²) in [6, 6.07) is 1.36. The molecule has 0 bridgehead atoms. The van der Waals surface area contributed by atoms with Crippen LogP contribution in [0, 0.1) is 6.92 Å². The molecule has 1 amide bonds. The van der Waals surface area contributed by atoms with Crippen LogP contribution in [-0.4, -0.2) is 43.1 Å². The number of carbonyl (C=O) groups excluding carboxylic acids is 1. The molecule has 8 nitrogen and oxygen atoms in total. The molecule has 0 aliphatic carbocycles. The maximum absolute atomic E-state index is 11.7. The Morgan fingerprint density at radius 2 is 2.19 bits per heavy atom. The van der Waals surface area contributed by atoms with E-state index in [9.17, 15) is 9.59 Å². The van der Waals surface area contributed by atoms with E-state index in [1.54, 1.807) is 6.20 Å². The van der Waals surface area contributed by atoms with E-state index in [2.05, 4.69) is 15.5 Å². The highest BCUT2D eigenvalue weighted by Gasteiger charge is 2.08. The molecule has 2 rings (SSSR count). The van der Waals surface area contributed by atoms with Crippen molar-refractivity contribution >= 4 is 11.9 Å². The number of nitrogens with zero attached hydrogens (tertiary/aromatic N) is 4. The van der Waals surface area contributed by atoms with Crippen molar-refractivity contribution in [3.63, 3.8) is 0 Å². The van der Waals surface area contributed by atoms with Crippen LogP contribution < -0.4 is 5.32 Å². The molecule has 0 aromatic carbocycles. The van der Waals surface area contributed by atoms with Gasteiger partial charge in [-0.15, -0.1) is 0 Å². The lowest BCUT2D eigenvalue weighted by molar-refractivity contribution is -0.121. The van der Waals surface area contributed by atoms with Crippen LogP contribution in [0.1, 0.15) is 22.5 Å². The van der Waals surface area contributed by atoms with Gasteiger partial charge in [-0.3, -0.25) is 14.2 Å². The van der Waals surface area contributed by atoms with E-state index in [1.807, 2.05) is 17.8 Å². The molecule has 112 valence electrons. The van der Waals surface area contributed by atoms with Gasteiger partial charge in [0.15, 0.2) is 5.69 Å². The van der Waals surface area contributed by atoms with Gasteiger partial charge in [-0.05, 0) is 25.0 Å². The molecule has 0 saturated heterocycles. The highest BCUT2D eigenvalue weighted by atomic mass is 16.4. The monoisotopic (exact) mass is 291 g/mol. The fourth-order valence-corrected chi connectivity index (χ4v) is 1.82. The second-order valence-corrected chi connectivity index (χ2v) is 4.69. The van der Waals surface area contributed by atoms with Crippen molar-refractivity contribution < 1.29 is 14.7 Å². The summed E-state index contributed by atoms with van der Waals surface area (Å²) in [5.74, 6) is -1.31. The fraction of sp³-hybridized carbons (Fsp3) is 0.385. The Kier molecular flexibility index (Phi) is 4.70. The Labute approximate surface area is 121 Å². The first-order chi connectivity index (χ1) is 10.0. The van der Waals surface area contributed by atoms with Gasteiger partial charge in [0.2, 0.25) is 5.91 Å². The predicted octanol–water partition coefficient (Wildman–Crippen LogP) is 0.293. The van der Waals surface area contributed by atoms with Crippen molar-refractivity contribution in [2.24, 2.45) is 0 Å². The van der Waals surface area contributed by atoms with Gasteiger partial charge in [-0.25, -0.2) is 4.79 Å². The molecular weight excluding hydrogens is 274 g/mol. The predicted molar refractivity (Wildman–Crippen MR) is 73.8 cm³/mol. The lowest BCUT2D eigenvalue weighted by Crippen LogP contribution is -2.29. The summed E-state index contributed by atoms with van der Waals surface area (Å²) < 4.78 is 3.13. The largest absolute Gasteiger partial charge is 0.476 e. The van der Waals surface area contributed by atoms with E-state index >= 15 is 0 Å². The van der Waals surface area contributed by atoms with E-state index in [-0.39, 0.29) is 18.1 Å². The number of aromatic nitrogens is 4. The zero-order valence-corrected chi connectivity index (χ0v) is 11.7. The van der Waals surface area contributed by atoms with E-state index in [4.69, 9.17) is 5.11 Å². The molecule has 0 aliphatic heterocycles. The van der Waals surface area contributed by atoms with Crippen molar-refractivity contribution in [3.05, 3.63) is 35.9 Å². The van der Waals surface area contributed by atoms with E-state index in [0.717, 1.165) is 18.5 Å². The van der Waals surface area contributed by atoms with Crippen LogP contribution in [0.25, 0.3) is 0 Å². The first kappa shape index (κ1) is 14.8. The second-order valence-electron chi connectivity index (χ2n) is 4.69. The van der Waals surface area contributed by atoms with Gasteiger partial charge in [0, 0.05) is 25.5 Å². The van der Waals surface area contributed by atoms with Gasteiger partial charge in [0.25, 0.3) is 0 Å². The number of hydrogen-bond donors (Lipinski definition) is 2. The van der Waals surface area contributed by atoms with Gasteiger partial charge >= 0.3 is 5.97 Å². The number of hydrogen-bond acceptors (Lipinski definition) is 4. The minimum absolute atomic E-state index is 0.00809. The number of carbonyl (C=O) groups is 2. The average Bonchev–Trinajstić information content (AvgIpc) is 3.04. The van der Waals surface area contributed by atoms with Crippen molar-refractivity contribution in [3.8, 4) is 0 Å². The van der Waals surface area contributed by atoms with Crippen molar-refractivity contribution in [2.45, 2.75) is 26.4 Å². The molecule has 8 heteroatoms. The van der Waals surface area contributed by atoms with Crippen molar-refractivity contribution in [1.29, 1.82) is 0 Å². The summed E-state index contributed by atoms with van der Waals surface area (Å²) in [6.07, 6.45) is 5.97. The molecule has 0 unspecified atom stereocenters. The van der Waals surface area contributed by atoms with Crippen LogP contribution in [0.4, 0.5) is 0 Å². The quantitative estimate of drug-likeness (QED) is 0.714. The SMILES string of the molecule is Cc1cnn(CCCNC(=O)Cn2ccc(C(=O)O)n2)c1. The third-order valence-electron chi connectivity index (χ3n) is 2.81. The van der Waals surface area contributed by atoms with Crippen LogP contribution >= 0.6 is 0 Å². The zero-order valence-electron chi connectivity index (χ0n) is 11.7. The molecule has 0 aliphatic rings. The number of amides is 1. The highest BCUT2D eigenvalue weighted by molar-refractivity contribution is 5.85. The minimum Gasteiger partial charge on any atom is -0.476 e. The molecule has 0 spiro atoms. The number of carboxylic acids is 1. The number of rotatable bonds is 7. The Hall–Kier alpha value is -2.64. The third kappa shape index (κ3) is 4.44. The van der Waals surface area contributed by atoms with Crippen LogP contribution in [-0.2, 0) is 17.9 Å². The molecule has 2 aromatic heterocycles. The number of aromatic carboxylic acids is 1. The van der Waals surface area contributed by atoms with E-state index in [1.165, 1.54) is 16.9 Å². The normalized spacial score (nSPS) is 10.5. The first-order valence-electron chi connectivity index (χ1n) is 6.57. The van der Waals surface area contributed by atoms with E-state index < -0.39 is 5.97 Å². The van der Waals surface area contributed by atoms with Gasteiger partial charge in [0.05, 0.1) is 6.20 Å². The number of carboxylic acid groups (broad SMARTS) is 1. The molecule has 0 saturated carbocycles. The molecule has 0 radical (unpaired) electrons. The summed E-state index contributed by atoms with van der Waals surface area (Å²) in [7, 11) is 0. The minimum atomic E-state index is -1.11. The molecular formula is C13H17N5O3. The summed E-state index contributed by atoms with van der Waals surface area (Å²) in [5.41, 5.74) is 1.03. The van der Waals surface area contributed by atoms with Gasteiger partial charge in [0.1, 0.15) is 6.54 Å². The van der Waals surface area contributed by atoms with Gasteiger partial charge in [-0.1, -0.05) is 0 Å². The summed E-state index contributed by atoms with van der Waals surface area (Å²) in [5, 5.41) is 19.4. The fourth-order valence-electron chi connectivity index (χ4n) is 1.82. The number of aryl methyl sites for hydroxylation is 2. The Bertz CT molecular complexity index is 631. The second kappa shape index (κ2) is 6.69. The van der Waals surface area contributed by atoms with Crippen LogP contribution in [0.3, 0.4) is 0 Å². The summed E-state index contributed by atoms with van der Waals surface area (Å²) in [6.45, 7) is 3.25. The lowest BCUT2D eigenvalue weighted by atomic mass is 10.4. The Morgan fingerprint density at radius 3 is 2.81 bits per heavy atom. The van der Waals surface area contributed by atoms with Gasteiger partial charge < -0.3 is 10.4 Å². The highest BCUT2D eigenvalue weighted by Crippen LogP contribution is 1.96. The Morgan fingerprint density at radius 1 is 1.38 bits per heavy atom. The molecule has 0 fully saturated rings. The maximum Gasteiger partial charge on any atom is 0.356 e. The average molecular weight is 291 g/mol. The van der Waals surface area contributed by atoms with Crippen molar-refractivity contribution in [2.75, 3.05) is 6.54 Å². The standard InChI is InChI=1S/C13H17N5O3/c1-10-7-15-17(8-10)5-2-4-14-12(19)9-18-6-3-11(16-18)13(20)21/h3,6-8H,2,4-5,9H2,1H3,(H,14,19)(H,20,21). The van der Waals surface area contributed by atoms with Crippen LogP contribution in [0.15, 0.2) is 24.7 Å². The first-order valence-corrected chi connectivity index (χ1v) is 6.57.